The minimum Gasteiger partial charge on any atom is -0.328 e. The molecule has 2 rings (SSSR count). The molecule has 2 aliphatic rings. The van der Waals surface area contributed by atoms with Crippen molar-refractivity contribution in [3.05, 3.63) is 12.7 Å². The summed E-state index contributed by atoms with van der Waals surface area (Å²) in [6.45, 7) is 27.0. The maximum atomic E-state index is 5.29. The fourth-order valence-corrected chi connectivity index (χ4v) is 3.21. The van der Waals surface area contributed by atoms with Crippen molar-refractivity contribution >= 4 is 0 Å². The number of nitrogens with two attached hydrogens (primary N) is 1. The lowest BCUT2D eigenvalue weighted by atomic mass is 9.89. The van der Waals surface area contributed by atoms with Crippen LogP contribution in [-0.2, 0) is 0 Å². The van der Waals surface area contributed by atoms with E-state index in [1.807, 2.05) is 40.7 Å². The van der Waals surface area contributed by atoms with Crippen molar-refractivity contribution < 1.29 is 0 Å². The summed E-state index contributed by atoms with van der Waals surface area (Å²) in [6, 6.07) is 0.384. The third kappa shape index (κ3) is 37.0. The quantitative estimate of drug-likeness (QED) is 0.390. The Morgan fingerprint density at radius 2 is 1.22 bits per heavy atom. The van der Waals surface area contributed by atoms with Gasteiger partial charge in [-0.15, -0.1) is 6.58 Å². The van der Waals surface area contributed by atoms with E-state index in [-0.39, 0.29) is 0 Å². The molecule has 0 heterocycles. The van der Waals surface area contributed by atoms with Gasteiger partial charge in [-0.25, -0.2) is 0 Å². The first-order valence-electron chi connectivity index (χ1n) is 14.5. The molecule has 0 aromatic heterocycles. The largest absolute Gasteiger partial charge is 0.328 e. The molecule has 198 valence electrons. The fourth-order valence-electron chi connectivity index (χ4n) is 3.21. The SMILES string of the molecule is C=C[C@H](C)CC.CC.CC.CC1CCCCC1.CCC(C)N.CCNCC1CCCCC1. The maximum Gasteiger partial charge on any atom is 0.000781 e. The minimum absolute atomic E-state index is 0.384. The Labute approximate surface area is 207 Å². The van der Waals surface area contributed by atoms with Crippen LogP contribution < -0.4 is 11.1 Å². The number of hydrogen-bond donors (Lipinski definition) is 2. The Bertz CT molecular complexity index is 289. The summed E-state index contributed by atoms with van der Waals surface area (Å²) in [7, 11) is 0. The molecule has 0 aliphatic heterocycles. The van der Waals surface area contributed by atoms with Crippen molar-refractivity contribution in [1.29, 1.82) is 0 Å². The second-order valence-electron chi connectivity index (χ2n) is 9.06. The second kappa shape index (κ2) is 35.3. The van der Waals surface area contributed by atoms with Crippen LogP contribution in [0.3, 0.4) is 0 Å². The molecular formula is C30H68N2. The Morgan fingerprint density at radius 3 is 1.44 bits per heavy atom. The van der Waals surface area contributed by atoms with Crippen molar-refractivity contribution in [3.8, 4) is 0 Å². The van der Waals surface area contributed by atoms with Crippen molar-refractivity contribution in [2.24, 2.45) is 23.5 Å². The first kappa shape index (κ1) is 38.9. The van der Waals surface area contributed by atoms with E-state index in [0.29, 0.717) is 12.0 Å². The summed E-state index contributed by atoms with van der Waals surface area (Å²) in [6.07, 6.45) is 19.0. The van der Waals surface area contributed by atoms with Gasteiger partial charge in [0.1, 0.15) is 0 Å². The van der Waals surface area contributed by atoms with Crippen molar-refractivity contribution in [1.82, 2.24) is 5.32 Å². The molecule has 32 heavy (non-hydrogen) atoms. The Balaban J connectivity index is -0.000000160. The summed E-state index contributed by atoms with van der Waals surface area (Å²) in [4.78, 5) is 0. The van der Waals surface area contributed by atoms with Crippen LogP contribution in [0, 0.1) is 17.8 Å². The number of hydrogen-bond acceptors (Lipinski definition) is 2. The lowest BCUT2D eigenvalue weighted by Crippen LogP contribution is -2.23. The molecule has 2 aliphatic carbocycles. The van der Waals surface area contributed by atoms with Crippen molar-refractivity contribution in [2.45, 2.75) is 152 Å². The van der Waals surface area contributed by atoms with Gasteiger partial charge in [-0.3, -0.25) is 0 Å². The Hall–Kier alpha value is -0.340. The van der Waals surface area contributed by atoms with E-state index in [2.05, 4.69) is 46.5 Å². The van der Waals surface area contributed by atoms with Gasteiger partial charge in [0.05, 0.1) is 0 Å². The molecule has 0 radical (unpaired) electrons. The van der Waals surface area contributed by atoms with E-state index >= 15 is 0 Å². The number of allylic oxidation sites excluding steroid dienone is 1. The van der Waals surface area contributed by atoms with E-state index in [1.165, 1.54) is 77.2 Å². The zero-order chi connectivity index (χ0) is 25.6. The van der Waals surface area contributed by atoms with Gasteiger partial charge < -0.3 is 11.1 Å². The molecule has 0 amide bonds. The van der Waals surface area contributed by atoms with Gasteiger partial charge in [0, 0.05) is 6.04 Å². The third-order valence-corrected chi connectivity index (χ3v) is 5.99. The maximum absolute atomic E-state index is 5.29. The van der Waals surface area contributed by atoms with Crippen molar-refractivity contribution in [2.75, 3.05) is 13.1 Å². The van der Waals surface area contributed by atoms with E-state index in [0.717, 1.165) is 24.8 Å². The van der Waals surface area contributed by atoms with Crippen LogP contribution in [0.1, 0.15) is 146 Å². The third-order valence-electron chi connectivity index (χ3n) is 5.99. The standard InChI is InChI=1S/C9H19N.C7H14.C6H12.C4H11N.2C2H6/c1-2-10-8-9-6-4-3-5-7-9;1-7-5-3-2-4-6-7;1-4-6(3)5-2;1-3-4(2)5;2*1-2/h9-10H,2-8H2,1H3;7H,2-6H2,1H3;4,6H,1,5H2,2-3H3;4H,3,5H2,1-2H3;2*1-2H3/t;;6-;;;/m..0.../s1. The highest BCUT2D eigenvalue weighted by Crippen LogP contribution is 2.23. The fraction of sp³-hybridized carbons (Fsp3) is 0.933. The normalized spacial score (nSPS) is 17.5. The highest BCUT2D eigenvalue weighted by atomic mass is 14.8. The minimum atomic E-state index is 0.384. The number of rotatable bonds is 6. The lowest BCUT2D eigenvalue weighted by Gasteiger charge is -2.21. The lowest BCUT2D eigenvalue weighted by molar-refractivity contribution is 0.345. The Morgan fingerprint density at radius 1 is 0.812 bits per heavy atom. The molecule has 0 aromatic carbocycles. The molecule has 0 aromatic rings. The Kier molecular flexibility index (Phi) is 42.9. The molecule has 3 N–H and O–H groups in total. The molecule has 2 heteroatoms. The van der Waals surface area contributed by atoms with E-state index in [4.69, 9.17) is 5.73 Å². The molecule has 0 saturated heterocycles. The molecule has 1 unspecified atom stereocenters. The van der Waals surface area contributed by atoms with Gasteiger partial charge >= 0.3 is 0 Å². The van der Waals surface area contributed by atoms with Gasteiger partial charge in [0.15, 0.2) is 0 Å². The van der Waals surface area contributed by atoms with Crippen LogP contribution >= 0.6 is 0 Å². The first-order chi connectivity index (χ1) is 15.4. The molecule has 0 bridgehead atoms. The van der Waals surface area contributed by atoms with Crippen LogP contribution in [0.15, 0.2) is 12.7 Å². The predicted octanol–water partition coefficient (Wildman–Crippen LogP) is 9.78. The van der Waals surface area contributed by atoms with Crippen LogP contribution in [-0.4, -0.2) is 19.1 Å². The van der Waals surface area contributed by atoms with Gasteiger partial charge in [-0.2, -0.15) is 0 Å². The average molecular weight is 457 g/mol. The van der Waals surface area contributed by atoms with E-state index in [1.54, 1.807) is 0 Å². The van der Waals surface area contributed by atoms with E-state index in [9.17, 15) is 0 Å². The summed E-state index contributed by atoms with van der Waals surface area (Å²) in [5, 5.41) is 3.42. The summed E-state index contributed by atoms with van der Waals surface area (Å²) < 4.78 is 0. The molecule has 2 saturated carbocycles. The zero-order valence-corrected chi connectivity index (χ0v) is 24.6. The van der Waals surface area contributed by atoms with Gasteiger partial charge in [0.25, 0.3) is 0 Å². The van der Waals surface area contributed by atoms with Crippen molar-refractivity contribution in [3.63, 3.8) is 0 Å². The topological polar surface area (TPSA) is 38.0 Å². The van der Waals surface area contributed by atoms with Crippen LogP contribution in [0.25, 0.3) is 0 Å². The predicted molar refractivity (Wildman–Crippen MR) is 154 cm³/mol. The van der Waals surface area contributed by atoms with Crippen LogP contribution in [0.2, 0.25) is 0 Å². The smallest absolute Gasteiger partial charge is 0.000781 e. The summed E-state index contributed by atoms with van der Waals surface area (Å²) in [5.74, 6) is 2.73. The number of nitrogens with one attached hydrogen (secondary N) is 1. The highest BCUT2D eigenvalue weighted by molar-refractivity contribution is 4.72. The van der Waals surface area contributed by atoms with Gasteiger partial charge in [-0.05, 0) is 57.0 Å². The second-order valence-corrected chi connectivity index (χ2v) is 9.06. The molecule has 2 nitrogen and oxygen atoms in total. The molecule has 2 atom stereocenters. The average Bonchev–Trinajstić information content (AvgIpc) is 2.87. The first-order valence-corrected chi connectivity index (χ1v) is 14.5. The molecular weight excluding hydrogens is 388 g/mol. The zero-order valence-electron chi connectivity index (χ0n) is 24.6. The highest BCUT2D eigenvalue weighted by Gasteiger charge is 2.11. The monoisotopic (exact) mass is 457 g/mol. The van der Waals surface area contributed by atoms with Crippen LogP contribution in [0.4, 0.5) is 0 Å². The summed E-state index contributed by atoms with van der Waals surface area (Å²) >= 11 is 0. The summed E-state index contributed by atoms with van der Waals surface area (Å²) in [5.41, 5.74) is 5.29. The van der Waals surface area contributed by atoms with Gasteiger partial charge in [-0.1, -0.05) is 126 Å². The van der Waals surface area contributed by atoms with Crippen LogP contribution in [0.5, 0.6) is 0 Å². The van der Waals surface area contributed by atoms with E-state index < -0.39 is 0 Å². The van der Waals surface area contributed by atoms with Gasteiger partial charge in [0.2, 0.25) is 0 Å². The molecule has 2 fully saturated rings. The molecule has 0 spiro atoms.